The van der Waals surface area contributed by atoms with Crippen molar-refractivity contribution >= 4 is 32.5 Å². The number of fused-ring (bicyclic) bond motifs is 1. The van der Waals surface area contributed by atoms with Gasteiger partial charge in [-0.1, -0.05) is 11.6 Å². The first-order chi connectivity index (χ1) is 13.8. The van der Waals surface area contributed by atoms with Crippen molar-refractivity contribution in [1.82, 2.24) is 13.8 Å². The number of rotatable bonds is 4. The number of aromatic hydroxyl groups is 1. The second-order valence-electron chi connectivity index (χ2n) is 7.65. The first-order valence-corrected chi connectivity index (χ1v) is 11.3. The number of phenolic OH excluding ortho intramolecular Hbond substituents is 1. The second-order valence-corrected chi connectivity index (χ2v) is 9.90. The Morgan fingerprint density at radius 2 is 1.72 bits per heavy atom. The van der Waals surface area contributed by atoms with E-state index in [1.807, 2.05) is 13.0 Å². The number of phenols is 1. The molecule has 1 aliphatic heterocycles. The molecule has 3 aromatic rings. The summed E-state index contributed by atoms with van der Waals surface area (Å²) in [6.07, 6.45) is 1.65. The largest absolute Gasteiger partial charge is 0.508 e. The molecule has 29 heavy (non-hydrogen) atoms. The Morgan fingerprint density at radius 3 is 2.38 bits per heavy atom. The Labute approximate surface area is 176 Å². The van der Waals surface area contributed by atoms with Gasteiger partial charge in [-0.2, -0.15) is 0 Å². The van der Waals surface area contributed by atoms with Crippen LogP contribution in [0.4, 0.5) is 0 Å². The molecule has 0 spiro atoms. The molecule has 0 atom stereocenters. The maximum atomic E-state index is 13.2. The number of aromatic nitrogens is 1. The van der Waals surface area contributed by atoms with Gasteiger partial charge in [0.1, 0.15) is 5.75 Å². The van der Waals surface area contributed by atoms with E-state index in [0.717, 1.165) is 49.2 Å². The highest BCUT2D eigenvalue weighted by atomic mass is 35.5. The summed E-state index contributed by atoms with van der Waals surface area (Å²) in [6, 6.07) is 9.19. The minimum atomic E-state index is -3.81. The lowest BCUT2D eigenvalue weighted by atomic mass is 10.1. The standard InChI is InChI=1S/C21H24ClN3O3S/c1-15-13-25(29(27,28)19-5-3-18(26)4-6-19)20-12-17(22)11-16(21(15)20)14-24-9-7-23(2)8-10-24/h3-6,11-13,26H,7-10,14H2,1-2H3. The summed E-state index contributed by atoms with van der Waals surface area (Å²) in [7, 11) is -1.69. The van der Waals surface area contributed by atoms with E-state index in [0.29, 0.717) is 10.5 Å². The first-order valence-electron chi connectivity index (χ1n) is 9.51. The van der Waals surface area contributed by atoms with Crippen LogP contribution >= 0.6 is 11.6 Å². The molecule has 0 bridgehead atoms. The van der Waals surface area contributed by atoms with E-state index >= 15 is 0 Å². The maximum absolute atomic E-state index is 13.2. The molecule has 0 radical (unpaired) electrons. The zero-order valence-electron chi connectivity index (χ0n) is 16.5. The number of piperazine rings is 1. The van der Waals surface area contributed by atoms with Crippen molar-refractivity contribution in [1.29, 1.82) is 0 Å². The van der Waals surface area contributed by atoms with Crippen LogP contribution in [-0.4, -0.2) is 60.5 Å². The van der Waals surface area contributed by atoms with Crippen molar-refractivity contribution in [3.63, 3.8) is 0 Å². The van der Waals surface area contributed by atoms with Gasteiger partial charge in [0.2, 0.25) is 0 Å². The lowest BCUT2D eigenvalue weighted by molar-refractivity contribution is 0.148. The van der Waals surface area contributed by atoms with Gasteiger partial charge in [0.05, 0.1) is 10.4 Å². The SMILES string of the molecule is Cc1cn(S(=O)(=O)c2ccc(O)cc2)c2cc(Cl)cc(CN3CCN(C)CC3)c12. The molecule has 6 nitrogen and oxygen atoms in total. The summed E-state index contributed by atoms with van der Waals surface area (Å²) < 4.78 is 27.8. The molecule has 0 unspecified atom stereocenters. The van der Waals surface area contributed by atoms with Crippen LogP contribution in [0.5, 0.6) is 5.75 Å². The molecule has 0 amide bonds. The molecular weight excluding hydrogens is 410 g/mol. The van der Waals surface area contributed by atoms with Gasteiger partial charge in [-0.05, 0) is 61.5 Å². The third-order valence-corrected chi connectivity index (χ3v) is 7.40. The second kappa shape index (κ2) is 7.65. The molecule has 1 fully saturated rings. The van der Waals surface area contributed by atoms with Gasteiger partial charge in [-0.3, -0.25) is 4.90 Å². The van der Waals surface area contributed by atoms with Crippen molar-refractivity contribution in [3.05, 3.63) is 58.7 Å². The summed E-state index contributed by atoms with van der Waals surface area (Å²) in [5, 5.41) is 10.9. The van der Waals surface area contributed by atoms with Gasteiger partial charge in [0, 0.05) is 49.3 Å². The van der Waals surface area contributed by atoms with Crippen LogP contribution < -0.4 is 0 Å². The predicted molar refractivity (Wildman–Crippen MR) is 115 cm³/mol. The summed E-state index contributed by atoms with van der Waals surface area (Å²) in [5.41, 5.74) is 2.50. The molecule has 2 heterocycles. The molecule has 2 aromatic carbocycles. The Kier molecular flexibility index (Phi) is 5.33. The van der Waals surface area contributed by atoms with Crippen molar-refractivity contribution in [2.45, 2.75) is 18.4 Å². The number of nitrogens with zero attached hydrogens (tertiary/aromatic N) is 3. The van der Waals surface area contributed by atoms with E-state index in [9.17, 15) is 13.5 Å². The highest BCUT2D eigenvalue weighted by Gasteiger charge is 2.23. The molecule has 4 rings (SSSR count). The van der Waals surface area contributed by atoms with E-state index < -0.39 is 10.0 Å². The van der Waals surface area contributed by atoms with E-state index in [-0.39, 0.29) is 10.6 Å². The zero-order chi connectivity index (χ0) is 20.8. The van der Waals surface area contributed by atoms with E-state index in [1.54, 1.807) is 12.3 Å². The van der Waals surface area contributed by atoms with E-state index in [1.165, 1.54) is 28.2 Å². The van der Waals surface area contributed by atoms with Gasteiger partial charge >= 0.3 is 0 Å². The third-order valence-electron chi connectivity index (χ3n) is 5.49. The third kappa shape index (κ3) is 3.88. The minimum Gasteiger partial charge on any atom is -0.508 e. The summed E-state index contributed by atoms with van der Waals surface area (Å²) in [4.78, 5) is 4.79. The first kappa shape index (κ1) is 20.2. The van der Waals surface area contributed by atoms with E-state index in [4.69, 9.17) is 11.6 Å². The lowest BCUT2D eigenvalue weighted by Crippen LogP contribution is -2.43. The number of hydrogen-bond acceptors (Lipinski definition) is 5. The van der Waals surface area contributed by atoms with Crippen LogP contribution in [0.3, 0.4) is 0 Å². The number of aryl methyl sites for hydroxylation is 1. The molecule has 154 valence electrons. The molecule has 1 aliphatic rings. The molecule has 1 aromatic heterocycles. The molecule has 1 N–H and O–H groups in total. The maximum Gasteiger partial charge on any atom is 0.268 e. The predicted octanol–water partition coefficient (Wildman–Crippen LogP) is 3.29. The Bertz CT molecular complexity index is 1150. The number of hydrogen-bond donors (Lipinski definition) is 1. The van der Waals surface area contributed by atoms with Gasteiger partial charge < -0.3 is 10.0 Å². The van der Waals surface area contributed by atoms with Crippen LogP contribution in [-0.2, 0) is 16.6 Å². The van der Waals surface area contributed by atoms with Crippen LogP contribution in [0.1, 0.15) is 11.1 Å². The molecular formula is C21H24ClN3O3S. The van der Waals surface area contributed by atoms with Crippen molar-refractivity contribution in [2.24, 2.45) is 0 Å². The van der Waals surface area contributed by atoms with E-state index in [2.05, 4.69) is 16.8 Å². The van der Waals surface area contributed by atoms with Gasteiger partial charge in [-0.25, -0.2) is 12.4 Å². The Hall–Kier alpha value is -2.06. The Morgan fingerprint density at radius 1 is 1.07 bits per heavy atom. The van der Waals surface area contributed by atoms with Gasteiger partial charge in [0.25, 0.3) is 10.0 Å². The lowest BCUT2D eigenvalue weighted by Gasteiger charge is -2.32. The highest BCUT2D eigenvalue weighted by molar-refractivity contribution is 7.90. The molecule has 0 saturated carbocycles. The van der Waals surface area contributed by atoms with Gasteiger partial charge in [-0.15, -0.1) is 0 Å². The fourth-order valence-corrected chi connectivity index (χ4v) is 5.53. The molecule has 8 heteroatoms. The average molecular weight is 434 g/mol. The fraction of sp³-hybridized carbons (Fsp3) is 0.333. The zero-order valence-corrected chi connectivity index (χ0v) is 18.0. The van der Waals surface area contributed by atoms with Crippen molar-refractivity contribution < 1.29 is 13.5 Å². The van der Waals surface area contributed by atoms with Crippen LogP contribution in [0, 0.1) is 6.92 Å². The van der Waals surface area contributed by atoms with Crippen LogP contribution in [0.15, 0.2) is 47.5 Å². The Balaban J connectivity index is 1.79. The van der Waals surface area contributed by atoms with Gasteiger partial charge in [0.15, 0.2) is 0 Å². The number of halogens is 1. The quantitative estimate of drug-likeness (QED) is 0.683. The average Bonchev–Trinajstić information content (AvgIpc) is 3.01. The summed E-state index contributed by atoms with van der Waals surface area (Å²) in [6.45, 7) is 6.62. The van der Waals surface area contributed by atoms with Crippen molar-refractivity contribution in [3.8, 4) is 5.75 Å². The monoisotopic (exact) mass is 433 g/mol. The molecule has 0 aliphatic carbocycles. The topological polar surface area (TPSA) is 65.8 Å². The molecule has 1 saturated heterocycles. The highest BCUT2D eigenvalue weighted by Crippen LogP contribution is 2.32. The summed E-state index contributed by atoms with van der Waals surface area (Å²) in [5.74, 6) is 0.0231. The number of likely N-dealkylation sites (N-methyl/N-ethyl adjacent to an activating group) is 1. The number of benzene rings is 2. The summed E-state index contributed by atoms with van der Waals surface area (Å²) >= 11 is 6.39. The minimum absolute atomic E-state index is 0.0231. The van der Waals surface area contributed by atoms with Crippen LogP contribution in [0.2, 0.25) is 5.02 Å². The fourth-order valence-electron chi connectivity index (χ4n) is 3.89. The smallest absolute Gasteiger partial charge is 0.268 e. The van der Waals surface area contributed by atoms with Crippen LogP contribution in [0.25, 0.3) is 10.9 Å². The van der Waals surface area contributed by atoms with Crippen molar-refractivity contribution in [2.75, 3.05) is 33.2 Å². The normalized spacial score (nSPS) is 16.5.